The fraction of sp³-hybridized carbons (Fsp3) is 0.333. The Hall–Kier alpha value is -8.96. The first-order valence-electron chi connectivity index (χ1n) is 28.8. The number of ether oxygens (including phenoxy) is 2. The number of rotatable bonds is 13. The molecule has 9 aromatic rings. The minimum atomic E-state index is -1.45. The molecule has 0 spiro atoms. The van der Waals surface area contributed by atoms with E-state index in [4.69, 9.17) is 48.8 Å². The van der Waals surface area contributed by atoms with Gasteiger partial charge < -0.3 is 50.5 Å². The highest BCUT2D eigenvalue weighted by Crippen LogP contribution is 2.42. The van der Waals surface area contributed by atoms with Gasteiger partial charge in [-0.15, -0.1) is 68.0 Å². The van der Waals surface area contributed by atoms with Gasteiger partial charge in [-0.25, -0.2) is 49.5 Å². The number of thiazole rings is 6. The molecule has 1 unspecified atom stereocenters. The number of fused-ring (bicyclic) bond motifs is 14. The minimum Gasteiger partial charge on any atom is -0.481 e. The second-order valence-electron chi connectivity index (χ2n) is 21.8. The third-order valence-electron chi connectivity index (χ3n) is 15.2. The minimum absolute atomic E-state index is 0.00532. The number of aryl methyl sites for hydroxylation is 1. The third-order valence-corrected chi connectivity index (χ3v) is 21.0. The molecule has 7 N–H and O–H groups in total. The number of aliphatic hydroxyl groups excluding tert-OH is 1. The molecule has 482 valence electrons. The smallest absolute Gasteiger partial charge is 0.424 e. The van der Waals surface area contributed by atoms with E-state index in [-0.39, 0.29) is 101 Å². The lowest BCUT2D eigenvalue weighted by Gasteiger charge is -2.27. The van der Waals surface area contributed by atoms with Gasteiger partial charge in [0.15, 0.2) is 11.6 Å². The molecule has 5 amide bonds. The van der Waals surface area contributed by atoms with E-state index in [9.17, 15) is 53.7 Å². The summed E-state index contributed by atoms with van der Waals surface area (Å²) in [5, 5.41) is 50.8. The molecular formula is C60H57N13O14S6. The zero-order valence-electron chi connectivity index (χ0n) is 49.9. The lowest BCUT2D eigenvalue weighted by Crippen LogP contribution is -2.40. The van der Waals surface area contributed by atoms with Crippen LogP contribution in [-0.4, -0.2) is 129 Å². The molecule has 11 rings (SSSR count). The number of pyridine rings is 1. The number of aliphatic hydroxyl groups is 1. The Bertz CT molecular complexity index is 4300. The first-order chi connectivity index (χ1) is 44.7. The fourth-order valence-corrected chi connectivity index (χ4v) is 15.9. The van der Waals surface area contributed by atoms with Crippen molar-refractivity contribution in [2.45, 2.75) is 96.1 Å². The number of carboxylic acid groups (broad SMARTS) is 2. The number of amides is 5. The summed E-state index contributed by atoms with van der Waals surface area (Å²) in [5.74, 6) is -7.05. The van der Waals surface area contributed by atoms with Crippen LogP contribution in [0, 0.1) is 18.8 Å². The molecule has 27 nitrogen and oxygen atoms in total. The Morgan fingerprint density at radius 1 is 0.753 bits per heavy atom. The van der Waals surface area contributed by atoms with E-state index in [0.29, 0.717) is 52.3 Å². The number of hydrogen-bond donors (Lipinski definition) is 7. The Labute approximate surface area is 552 Å². The van der Waals surface area contributed by atoms with Crippen LogP contribution in [0.3, 0.4) is 0 Å². The summed E-state index contributed by atoms with van der Waals surface area (Å²) >= 11 is 6.90. The highest BCUT2D eigenvalue weighted by molar-refractivity contribution is 7.15. The molecule has 1 saturated carbocycles. The van der Waals surface area contributed by atoms with Crippen LogP contribution in [0.5, 0.6) is 0 Å². The normalized spacial score (nSPS) is 18.4. The highest BCUT2D eigenvalue weighted by Gasteiger charge is 2.36. The molecule has 1 aromatic carbocycles. The monoisotopic (exact) mass is 1380 g/mol. The molecule has 1 aliphatic carbocycles. The van der Waals surface area contributed by atoms with Gasteiger partial charge in [-0.05, 0) is 56.2 Å². The van der Waals surface area contributed by atoms with E-state index < -0.39 is 96.1 Å². The zero-order valence-corrected chi connectivity index (χ0v) is 54.8. The van der Waals surface area contributed by atoms with Crippen LogP contribution in [0.1, 0.15) is 149 Å². The van der Waals surface area contributed by atoms with Crippen LogP contribution in [0.2, 0.25) is 0 Å². The van der Waals surface area contributed by atoms with Crippen molar-refractivity contribution >= 4 is 127 Å². The van der Waals surface area contributed by atoms with Gasteiger partial charge in [0.1, 0.15) is 77.5 Å². The number of carbonyl (C=O) groups is 8. The molecular weight excluding hydrogens is 1320 g/mol. The Kier molecular flexibility index (Phi) is 20.1. The standard InChI is InChI=1S/C60H57N13O14S6/c1-26(2)32-17-38(74)44-27(3)92-55(71-44)34(18-42(75)61-4)65-49(78)36-23-88-51(67-36)31-15-16-33(53-69-41(25-91-53)73(59-63-19-39(87-59)58(82)83)60(84)86-30-13-11-29(12-14-30)57(80)81)64-45(31)35-22-89-54(66-35)37-24-90-56(68-37)47(48(77)28-9-7-6-8-10-28)70-43(76)20-62-50(79)46-40(21-85-5)93-52(32)72-46/h6-10,15-16,19,22-26,29-30,32,34,47-48,77H,11-14,17-18,20-21H2,1-5H3,(H,61,75)(H,62,79)(H,65,78)(H,70,76)(H,80,81)(H,82,83)/t29?,30?,32?,34-,47-,48-/m0/s1. The third kappa shape index (κ3) is 14.6. The summed E-state index contributed by atoms with van der Waals surface area (Å²) in [4.78, 5) is 148. The first-order valence-corrected chi connectivity index (χ1v) is 34.0. The van der Waals surface area contributed by atoms with Gasteiger partial charge in [-0.3, -0.25) is 28.8 Å². The van der Waals surface area contributed by atoms with Gasteiger partial charge in [0, 0.05) is 58.5 Å². The number of hydrogen-bond acceptors (Lipinski definition) is 26. The molecule has 1 aliphatic heterocycles. The maximum atomic E-state index is 14.4. The summed E-state index contributed by atoms with van der Waals surface area (Å²) in [6, 6.07) is 9.41. The maximum absolute atomic E-state index is 14.4. The molecule has 8 aromatic heterocycles. The van der Waals surface area contributed by atoms with E-state index in [1.54, 1.807) is 60.1 Å². The van der Waals surface area contributed by atoms with E-state index >= 15 is 0 Å². The van der Waals surface area contributed by atoms with E-state index in [1.807, 2.05) is 13.8 Å². The van der Waals surface area contributed by atoms with Crippen molar-refractivity contribution in [1.29, 1.82) is 0 Å². The number of Topliss-reactive ketones (excluding diaryl/α,β-unsaturated/α-hetero) is 1. The largest absolute Gasteiger partial charge is 0.481 e. The fourth-order valence-electron chi connectivity index (χ4n) is 10.3. The Morgan fingerprint density at radius 2 is 1.46 bits per heavy atom. The number of nitrogens with zero attached hydrogens (tertiary/aromatic N) is 9. The molecule has 4 atom stereocenters. The van der Waals surface area contributed by atoms with Crippen molar-refractivity contribution in [1.82, 2.24) is 61.1 Å². The van der Waals surface area contributed by atoms with E-state index in [2.05, 4.69) is 26.3 Å². The lowest BCUT2D eigenvalue weighted by molar-refractivity contribution is -0.143. The number of anilines is 2. The molecule has 33 heteroatoms. The summed E-state index contributed by atoms with van der Waals surface area (Å²) in [6.45, 7) is 5.05. The second kappa shape index (κ2) is 28.5. The first kappa shape index (κ1) is 65.5. The number of carbonyl (C=O) groups excluding carboxylic acids is 6. The van der Waals surface area contributed by atoms with Crippen LogP contribution < -0.4 is 26.2 Å². The van der Waals surface area contributed by atoms with Crippen LogP contribution in [0.15, 0.2) is 74.6 Å². The number of aromatic carboxylic acids is 1. The van der Waals surface area contributed by atoms with Gasteiger partial charge in [0.2, 0.25) is 17.6 Å². The van der Waals surface area contributed by atoms with Gasteiger partial charge in [0.25, 0.3) is 11.8 Å². The molecule has 1 fully saturated rings. The van der Waals surface area contributed by atoms with Crippen LogP contribution in [-0.2, 0) is 30.5 Å². The predicted molar refractivity (Wildman–Crippen MR) is 344 cm³/mol. The zero-order chi connectivity index (χ0) is 65.8. The van der Waals surface area contributed by atoms with E-state index in [1.165, 1.54) is 47.6 Å². The van der Waals surface area contributed by atoms with Crippen LogP contribution in [0.4, 0.5) is 16.6 Å². The average molecular weight is 1380 g/mol. The number of benzene rings is 1. The van der Waals surface area contributed by atoms with Crippen molar-refractivity contribution in [2.24, 2.45) is 11.8 Å². The lowest BCUT2D eigenvalue weighted by atomic mass is 9.87. The summed E-state index contributed by atoms with van der Waals surface area (Å²) in [5.41, 5.74) is 2.20. The SMILES string of the molecule is CNC(=O)C[C@@H]1NC(=O)c2csc(n2)-c2ccc(-c3nc(N(C(=O)OC4CCC(C(=O)O)CC4)c4ncc(C(=O)O)o4)cs3)nc2-c2csc(n2)-c2csc(n2)[C@H]([C@@H](O)c2ccccc2)NC(=O)CNC(=O)c2nc(sc2COC)C(C(C)C)CC(=O)c2nc1sc2C. The maximum Gasteiger partial charge on any atom is 0.424 e. The number of carboxylic acids is 2. The molecule has 0 saturated heterocycles. The number of methoxy groups -OCH3 is 1. The van der Waals surface area contributed by atoms with Gasteiger partial charge in [0.05, 0.1) is 53.3 Å². The summed E-state index contributed by atoms with van der Waals surface area (Å²) < 4.78 is 16.8. The van der Waals surface area contributed by atoms with Gasteiger partial charge >= 0.3 is 24.0 Å². The topological polar surface area (TPSA) is 383 Å². The van der Waals surface area contributed by atoms with E-state index in [0.717, 1.165) is 56.4 Å². The number of nitrogens with one attached hydrogen (secondary N) is 4. The van der Waals surface area contributed by atoms with Crippen LogP contribution >= 0.6 is 68.0 Å². The molecule has 0 radical (unpaired) electrons. The molecule has 2 aliphatic rings. The average Bonchev–Trinajstić information content (AvgIpc) is 1.71. The van der Waals surface area contributed by atoms with Crippen molar-refractivity contribution in [3.63, 3.8) is 0 Å². The van der Waals surface area contributed by atoms with Crippen molar-refractivity contribution in [2.75, 3.05) is 25.6 Å². The molecule has 93 heavy (non-hydrogen) atoms. The van der Waals surface area contributed by atoms with Crippen molar-refractivity contribution in [3.8, 4) is 43.4 Å². The predicted octanol–water partition coefficient (Wildman–Crippen LogP) is 9.80. The number of ketones is 1. The van der Waals surface area contributed by atoms with Crippen LogP contribution in [0.25, 0.3) is 43.4 Å². The Morgan fingerprint density at radius 3 is 2.18 bits per heavy atom. The van der Waals surface area contributed by atoms with Gasteiger partial charge in [-0.1, -0.05) is 44.2 Å². The Balaban J connectivity index is 0.985. The quantitative estimate of drug-likeness (QED) is 0.0564. The number of aliphatic carboxylic acids is 1. The second-order valence-corrected chi connectivity index (χ2v) is 27.6. The number of aromatic nitrogens is 8. The highest BCUT2D eigenvalue weighted by atomic mass is 32.1. The number of oxazole rings is 1. The summed E-state index contributed by atoms with van der Waals surface area (Å²) in [7, 11) is 2.93. The molecule has 10 bridgehead atoms. The summed E-state index contributed by atoms with van der Waals surface area (Å²) in [6.07, 6.45) is -1.32. The van der Waals surface area contributed by atoms with Gasteiger partial charge in [-0.2, -0.15) is 4.90 Å². The van der Waals surface area contributed by atoms with Crippen molar-refractivity contribution in [3.05, 3.63) is 123 Å². The van der Waals surface area contributed by atoms with Crippen molar-refractivity contribution < 1.29 is 67.6 Å². The molecule has 9 heterocycles.